The summed E-state index contributed by atoms with van der Waals surface area (Å²) in [6.45, 7) is 5.92. The van der Waals surface area contributed by atoms with Crippen molar-refractivity contribution in [3.8, 4) is 0 Å². The van der Waals surface area contributed by atoms with E-state index in [9.17, 15) is 13.2 Å². The molecule has 0 aliphatic heterocycles. The zero-order chi connectivity index (χ0) is 12.6. The van der Waals surface area contributed by atoms with Crippen molar-refractivity contribution in [1.82, 2.24) is 10.2 Å². The molecule has 0 spiro atoms. The van der Waals surface area contributed by atoms with Crippen molar-refractivity contribution in [2.24, 2.45) is 0 Å². The maximum Gasteiger partial charge on any atom is 0.390 e. The fourth-order valence-corrected chi connectivity index (χ4v) is 1.33. The molecule has 0 atom stereocenters. The molecule has 0 saturated carbocycles. The van der Waals surface area contributed by atoms with Gasteiger partial charge in [-0.15, -0.1) is 0 Å². The van der Waals surface area contributed by atoms with Crippen molar-refractivity contribution in [3.05, 3.63) is 0 Å². The molecular formula is C11H23F3N2. The first-order chi connectivity index (χ1) is 7.31. The lowest BCUT2D eigenvalue weighted by atomic mass is 10.2. The standard InChI is InChI=1S/C11H23F3N2/c1-10(2)15-7-4-5-8-16(3)9-6-11(12,13)14/h10,15H,4-9H2,1-3H3. The Balaban J connectivity index is 3.34. The second kappa shape index (κ2) is 7.90. The van der Waals surface area contributed by atoms with Crippen LogP contribution in [0.1, 0.15) is 33.1 Å². The van der Waals surface area contributed by atoms with Gasteiger partial charge in [-0.25, -0.2) is 0 Å². The van der Waals surface area contributed by atoms with Crippen molar-refractivity contribution in [3.63, 3.8) is 0 Å². The predicted octanol–water partition coefficient (Wildman–Crippen LogP) is 2.65. The number of nitrogens with one attached hydrogen (secondary N) is 1. The third-order valence-electron chi connectivity index (χ3n) is 2.30. The van der Waals surface area contributed by atoms with Crippen molar-refractivity contribution >= 4 is 0 Å². The maximum absolute atomic E-state index is 11.9. The van der Waals surface area contributed by atoms with E-state index in [0.29, 0.717) is 6.04 Å². The minimum atomic E-state index is -4.03. The lowest BCUT2D eigenvalue weighted by Gasteiger charge is -2.17. The molecule has 2 nitrogen and oxygen atoms in total. The van der Waals surface area contributed by atoms with Crippen LogP contribution in [0.3, 0.4) is 0 Å². The number of unbranched alkanes of at least 4 members (excludes halogenated alkanes) is 1. The van der Waals surface area contributed by atoms with Gasteiger partial charge in [0, 0.05) is 12.6 Å². The summed E-state index contributed by atoms with van der Waals surface area (Å²) in [6, 6.07) is 0.475. The molecule has 0 fully saturated rings. The van der Waals surface area contributed by atoms with Gasteiger partial charge in [-0.3, -0.25) is 0 Å². The maximum atomic E-state index is 11.9. The van der Waals surface area contributed by atoms with E-state index in [1.54, 1.807) is 11.9 Å². The zero-order valence-corrected chi connectivity index (χ0v) is 10.4. The van der Waals surface area contributed by atoms with Crippen molar-refractivity contribution in [1.29, 1.82) is 0 Å². The van der Waals surface area contributed by atoms with Crippen molar-refractivity contribution in [2.45, 2.75) is 45.3 Å². The molecule has 5 heteroatoms. The third-order valence-corrected chi connectivity index (χ3v) is 2.30. The Bertz CT molecular complexity index is 169. The number of hydrogen-bond donors (Lipinski definition) is 1. The number of halogens is 3. The van der Waals surface area contributed by atoms with E-state index >= 15 is 0 Å². The highest BCUT2D eigenvalue weighted by Gasteiger charge is 2.26. The summed E-state index contributed by atoms with van der Waals surface area (Å²) < 4.78 is 35.7. The minimum absolute atomic E-state index is 0.0983. The fraction of sp³-hybridized carbons (Fsp3) is 1.00. The Hall–Kier alpha value is -0.290. The highest BCUT2D eigenvalue weighted by atomic mass is 19.4. The van der Waals surface area contributed by atoms with Crippen LogP contribution in [0.15, 0.2) is 0 Å². The molecule has 0 aromatic heterocycles. The average Bonchev–Trinajstić information content (AvgIpc) is 2.12. The van der Waals surface area contributed by atoms with Gasteiger partial charge in [-0.2, -0.15) is 13.2 Å². The molecule has 0 heterocycles. The van der Waals surface area contributed by atoms with E-state index in [0.717, 1.165) is 25.9 Å². The Morgan fingerprint density at radius 3 is 2.25 bits per heavy atom. The summed E-state index contributed by atoms with van der Waals surface area (Å²) in [6.07, 6.45) is -2.80. The normalized spacial score (nSPS) is 12.8. The summed E-state index contributed by atoms with van der Waals surface area (Å²) in [5.41, 5.74) is 0. The molecule has 0 rings (SSSR count). The Kier molecular flexibility index (Phi) is 7.76. The first-order valence-electron chi connectivity index (χ1n) is 5.80. The summed E-state index contributed by atoms with van der Waals surface area (Å²) in [7, 11) is 1.74. The summed E-state index contributed by atoms with van der Waals surface area (Å²) >= 11 is 0. The van der Waals surface area contributed by atoms with E-state index in [1.807, 2.05) is 0 Å². The SMILES string of the molecule is CC(C)NCCCCN(C)CCC(F)(F)F. The molecule has 0 amide bonds. The Morgan fingerprint density at radius 2 is 1.75 bits per heavy atom. The smallest absolute Gasteiger partial charge is 0.315 e. The molecule has 0 aromatic carbocycles. The molecular weight excluding hydrogens is 217 g/mol. The van der Waals surface area contributed by atoms with Crippen molar-refractivity contribution in [2.75, 3.05) is 26.7 Å². The minimum Gasteiger partial charge on any atom is -0.315 e. The predicted molar refractivity (Wildman–Crippen MR) is 60.5 cm³/mol. The van der Waals surface area contributed by atoms with E-state index in [4.69, 9.17) is 0 Å². The molecule has 16 heavy (non-hydrogen) atoms. The first kappa shape index (κ1) is 15.7. The van der Waals surface area contributed by atoms with Gasteiger partial charge in [0.1, 0.15) is 0 Å². The van der Waals surface area contributed by atoms with Gasteiger partial charge in [-0.1, -0.05) is 13.8 Å². The van der Waals surface area contributed by atoms with E-state index in [2.05, 4.69) is 19.2 Å². The Morgan fingerprint density at radius 1 is 1.12 bits per heavy atom. The Labute approximate surface area is 96.2 Å². The van der Waals surface area contributed by atoms with Crippen LogP contribution in [0.5, 0.6) is 0 Å². The largest absolute Gasteiger partial charge is 0.390 e. The van der Waals surface area contributed by atoms with Crippen LogP contribution in [0, 0.1) is 0 Å². The van der Waals surface area contributed by atoms with Crippen LogP contribution in [-0.4, -0.2) is 43.8 Å². The van der Waals surface area contributed by atoms with E-state index in [-0.39, 0.29) is 6.54 Å². The molecule has 0 radical (unpaired) electrons. The lowest BCUT2D eigenvalue weighted by molar-refractivity contribution is -0.137. The molecule has 0 aliphatic rings. The summed E-state index contributed by atoms with van der Waals surface area (Å²) in [5.74, 6) is 0. The van der Waals surface area contributed by atoms with Gasteiger partial charge in [0.25, 0.3) is 0 Å². The molecule has 0 bridgehead atoms. The molecule has 0 aromatic rings. The molecule has 1 N–H and O–H groups in total. The highest BCUT2D eigenvalue weighted by molar-refractivity contribution is 4.59. The van der Waals surface area contributed by atoms with Gasteiger partial charge < -0.3 is 10.2 Å². The lowest BCUT2D eigenvalue weighted by Crippen LogP contribution is -2.27. The summed E-state index contributed by atoms with van der Waals surface area (Å²) in [5, 5.41) is 3.28. The average molecular weight is 240 g/mol. The number of alkyl halides is 3. The third kappa shape index (κ3) is 11.8. The van der Waals surface area contributed by atoms with Crippen LogP contribution in [0.2, 0.25) is 0 Å². The van der Waals surface area contributed by atoms with Gasteiger partial charge in [0.05, 0.1) is 6.42 Å². The van der Waals surface area contributed by atoms with E-state index < -0.39 is 12.6 Å². The highest BCUT2D eigenvalue weighted by Crippen LogP contribution is 2.19. The van der Waals surface area contributed by atoms with Crippen LogP contribution in [0.25, 0.3) is 0 Å². The van der Waals surface area contributed by atoms with Crippen LogP contribution in [-0.2, 0) is 0 Å². The molecule has 0 unspecified atom stereocenters. The zero-order valence-electron chi connectivity index (χ0n) is 10.4. The monoisotopic (exact) mass is 240 g/mol. The first-order valence-corrected chi connectivity index (χ1v) is 5.80. The number of nitrogens with zero attached hydrogens (tertiary/aromatic N) is 1. The van der Waals surface area contributed by atoms with Gasteiger partial charge in [-0.05, 0) is 33.0 Å². The van der Waals surface area contributed by atoms with E-state index in [1.165, 1.54) is 0 Å². The number of hydrogen-bond acceptors (Lipinski definition) is 2. The quantitative estimate of drug-likeness (QED) is 0.656. The molecule has 0 saturated heterocycles. The molecule has 0 aliphatic carbocycles. The van der Waals surface area contributed by atoms with Crippen molar-refractivity contribution < 1.29 is 13.2 Å². The molecule has 98 valence electrons. The topological polar surface area (TPSA) is 15.3 Å². The second-order valence-corrected chi connectivity index (χ2v) is 4.48. The van der Waals surface area contributed by atoms with Crippen LogP contribution < -0.4 is 5.32 Å². The second-order valence-electron chi connectivity index (χ2n) is 4.48. The van der Waals surface area contributed by atoms with Gasteiger partial charge in [0.2, 0.25) is 0 Å². The van der Waals surface area contributed by atoms with Crippen LogP contribution in [0.4, 0.5) is 13.2 Å². The number of rotatable bonds is 8. The van der Waals surface area contributed by atoms with Gasteiger partial charge >= 0.3 is 6.18 Å². The van der Waals surface area contributed by atoms with Crippen LogP contribution >= 0.6 is 0 Å². The summed E-state index contributed by atoms with van der Waals surface area (Å²) in [4.78, 5) is 1.74. The van der Waals surface area contributed by atoms with Gasteiger partial charge in [0.15, 0.2) is 0 Å². The fourth-order valence-electron chi connectivity index (χ4n) is 1.33.